The Morgan fingerprint density at radius 3 is 2.34 bits per heavy atom. The molecule has 0 unspecified atom stereocenters. The third kappa shape index (κ3) is 4.79. The summed E-state index contributed by atoms with van der Waals surface area (Å²) in [6.07, 6.45) is 0. The van der Waals surface area contributed by atoms with Gasteiger partial charge >= 0.3 is 0 Å². The molecule has 0 aliphatic rings. The predicted molar refractivity (Wildman–Crippen MR) is 121 cm³/mol. The number of nitrogens with one attached hydrogen (secondary N) is 1. The van der Waals surface area contributed by atoms with Crippen molar-refractivity contribution in [3.05, 3.63) is 113 Å². The number of hydrogen-bond donors (Lipinski definition) is 1. The van der Waals surface area contributed by atoms with Crippen LogP contribution in [0.5, 0.6) is 5.75 Å². The lowest BCUT2D eigenvalue weighted by molar-refractivity contribution is 0.302. The lowest BCUT2D eigenvalue weighted by Crippen LogP contribution is -2.18. The fraction of sp³-hybridized carbons (Fsp3) is 0.154. The molecule has 0 saturated carbocycles. The van der Waals surface area contributed by atoms with Crippen LogP contribution in [0.2, 0.25) is 5.02 Å². The molecular formula is C26H24ClNO. The number of halogens is 1. The van der Waals surface area contributed by atoms with E-state index in [0.29, 0.717) is 6.61 Å². The molecule has 1 atom stereocenters. The summed E-state index contributed by atoms with van der Waals surface area (Å²) >= 11 is 5.99. The molecule has 4 aromatic carbocycles. The number of benzene rings is 4. The van der Waals surface area contributed by atoms with Gasteiger partial charge in [0.25, 0.3) is 0 Å². The van der Waals surface area contributed by atoms with Gasteiger partial charge in [-0.1, -0.05) is 84.4 Å². The Labute approximate surface area is 177 Å². The summed E-state index contributed by atoms with van der Waals surface area (Å²) in [6, 6.07) is 31.2. The highest BCUT2D eigenvalue weighted by Crippen LogP contribution is 2.29. The van der Waals surface area contributed by atoms with Gasteiger partial charge in [0.2, 0.25) is 0 Å². The maximum atomic E-state index is 6.23. The van der Waals surface area contributed by atoms with E-state index >= 15 is 0 Å². The molecule has 0 fully saturated rings. The highest BCUT2D eigenvalue weighted by Gasteiger charge is 2.12. The average Bonchev–Trinajstić information content (AvgIpc) is 2.78. The molecule has 0 saturated heterocycles. The van der Waals surface area contributed by atoms with Gasteiger partial charge in [0.15, 0.2) is 0 Å². The van der Waals surface area contributed by atoms with Gasteiger partial charge in [-0.15, -0.1) is 0 Å². The van der Waals surface area contributed by atoms with E-state index in [0.717, 1.165) is 22.9 Å². The molecule has 0 amide bonds. The summed E-state index contributed by atoms with van der Waals surface area (Å²) in [5.74, 6) is 0.909. The molecule has 0 aliphatic heterocycles. The number of hydrogen-bond acceptors (Lipinski definition) is 2. The van der Waals surface area contributed by atoms with E-state index in [1.165, 1.54) is 21.9 Å². The molecule has 0 radical (unpaired) electrons. The van der Waals surface area contributed by atoms with Gasteiger partial charge in [-0.2, -0.15) is 0 Å². The van der Waals surface area contributed by atoms with Crippen LogP contribution in [-0.2, 0) is 13.2 Å². The SMILES string of the molecule is C[C@@H](NCc1c(OCc2ccc(Cl)cc2)ccc2ccccc12)c1ccccc1. The van der Waals surface area contributed by atoms with E-state index in [-0.39, 0.29) is 6.04 Å². The first-order valence-corrected chi connectivity index (χ1v) is 10.2. The molecule has 29 heavy (non-hydrogen) atoms. The first-order valence-electron chi connectivity index (χ1n) is 9.87. The third-order valence-electron chi connectivity index (χ3n) is 5.19. The van der Waals surface area contributed by atoms with Crippen LogP contribution in [0, 0.1) is 0 Å². The molecule has 0 aliphatic carbocycles. The highest BCUT2D eigenvalue weighted by atomic mass is 35.5. The van der Waals surface area contributed by atoms with Crippen molar-refractivity contribution in [1.82, 2.24) is 5.32 Å². The molecular weight excluding hydrogens is 378 g/mol. The van der Waals surface area contributed by atoms with Crippen LogP contribution in [0.15, 0.2) is 91.0 Å². The van der Waals surface area contributed by atoms with Crippen molar-refractivity contribution in [2.45, 2.75) is 26.1 Å². The second-order valence-corrected chi connectivity index (χ2v) is 7.63. The quantitative estimate of drug-likeness (QED) is 0.362. The molecule has 146 valence electrons. The van der Waals surface area contributed by atoms with Gasteiger partial charge in [-0.25, -0.2) is 0 Å². The Morgan fingerprint density at radius 1 is 0.828 bits per heavy atom. The van der Waals surface area contributed by atoms with Crippen LogP contribution in [-0.4, -0.2) is 0 Å². The zero-order chi connectivity index (χ0) is 20.1. The largest absolute Gasteiger partial charge is 0.489 e. The smallest absolute Gasteiger partial charge is 0.124 e. The number of fused-ring (bicyclic) bond motifs is 1. The number of ether oxygens (including phenoxy) is 1. The summed E-state index contributed by atoms with van der Waals surface area (Å²) < 4.78 is 6.23. The van der Waals surface area contributed by atoms with Crippen LogP contribution in [0.1, 0.15) is 29.7 Å². The van der Waals surface area contributed by atoms with E-state index < -0.39 is 0 Å². The lowest BCUT2D eigenvalue weighted by Gasteiger charge is -2.18. The monoisotopic (exact) mass is 401 g/mol. The molecule has 0 aromatic heterocycles. The van der Waals surface area contributed by atoms with Crippen molar-refractivity contribution in [2.75, 3.05) is 0 Å². The minimum absolute atomic E-state index is 0.249. The van der Waals surface area contributed by atoms with Gasteiger partial charge in [-0.3, -0.25) is 0 Å². The summed E-state index contributed by atoms with van der Waals surface area (Å²) in [5.41, 5.74) is 3.55. The summed E-state index contributed by atoms with van der Waals surface area (Å²) in [4.78, 5) is 0. The van der Waals surface area contributed by atoms with Crippen molar-refractivity contribution in [3.63, 3.8) is 0 Å². The standard InChI is InChI=1S/C26H24ClNO/c1-19(21-7-3-2-4-8-21)28-17-25-24-10-6-5-9-22(24)13-16-26(25)29-18-20-11-14-23(27)15-12-20/h2-16,19,28H,17-18H2,1H3/t19-/m1/s1. The fourth-order valence-electron chi connectivity index (χ4n) is 3.49. The van der Waals surface area contributed by atoms with E-state index in [2.05, 4.69) is 72.9 Å². The minimum Gasteiger partial charge on any atom is -0.489 e. The molecule has 2 nitrogen and oxygen atoms in total. The zero-order valence-electron chi connectivity index (χ0n) is 16.4. The topological polar surface area (TPSA) is 21.3 Å². The summed E-state index contributed by atoms with van der Waals surface area (Å²) in [6.45, 7) is 3.43. The molecule has 4 aromatic rings. The average molecular weight is 402 g/mol. The van der Waals surface area contributed by atoms with E-state index in [1.54, 1.807) is 0 Å². The molecule has 0 heterocycles. The first-order chi connectivity index (χ1) is 14.2. The molecule has 0 bridgehead atoms. The maximum absolute atomic E-state index is 6.23. The Balaban J connectivity index is 1.57. The molecule has 3 heteroatoms. The highest BCUT2D eigenvalue weighted by molar-refractivity contribution is 6.30. The Hall–Kier alpha value is -2.81. The van der Waals surface area contributed by atoms with Crippen LogP contribution in [0.25, 0.3) is 10.8 Å². The molecule has 0 spiro atoms. The van der Waals surface area contributed by atoms with Crippen molar-refractivity contribution in [1.29, 1.82) is 0 Å². The van der Waals surface area contributed by atoms with E-state index in [4.69, 9.17) is 16.3 Å². The van der Waals surface area contributed by atoms with Gasteiger partial charge < -0.3 is 10.1 Å². The van der Waals surface area contributed by atoms with Gasteiger partial charge in [-0.05, 0) is 47.0 Å². The summed E-state index contributed by atoms with van der Waals surface area (Å²) in [5, 5.41) is 6.83. The van der Waals surface area contributed by atoms with Gasteiger partial charge in [0.05, 0.1) is 0 Å². The van der Waals surface area contributed by atoms with Gasteiger partial charge in [0, 0.05) is 23.2 Å². The summed E-state index contributed by atoms with van der Waals surface area (Å²) in [7, 11) is 0. The molecule has 1 N–H and O–H groups in total. The minimum atomic E-state index is 0.249. The van der Waals surface area contributed by atoms with Crippen molar-refractivity contribution >= 4 is 22.4 Å². The van der Waals surface area contributed by atoms with E-state index in [1.807, 2.05) is 30.3 Å². The maximum Gasteiger partial charge on any atom is 0.124 e. The van der Waals surface area contributed by atoms with Crippen molar-refractivity contribution in [2.24, 2.45) is 0 Å². The second-order valence-electron chi connectivity index (χ2n) is 7.19. The lowest BCUT2D eigenvalue weighted by atomic mass is 10.0. The van der Waals surface area contributed by atoms with Crippen LogP contribution in [0.3, 0.4) is 0 Å². The molecule has 4 rings (SSSR count). The number of rotatable bonds is 7. The van der Waals surface area contributed by atoms with Crippen LogP contribution in [0.4, 0.5) is 0 Å². The Bertz CT molecular complexity index is 1080. The second kappa shape index (κ2) is 9.13. The van der Waals surface area contributed by atoms with Crippen molar-refractivity contribution < 1.29 is 4.74 Å². The zero-order valence-corrected chi connectivity index (χ0v) is 17.2. The Kier molecular flexibility index (Phi) is 6.14. The van der Waals surface area contributed by atoms with Crippen molar-refractivity contribution in [3.8, 4) is 5.75 Å². The fourth-order valence-corrected chi connectivity index (χ4v) is 3.62. The van der Waals surface area contributed by atoms with Gasteiger partial charge in [0.1, 0.15) is 12.4 Å². The third-order valence-corrected chi connectivity index (χ3v) is 5.44. The first kappa shape index (κ1) is 19.5. The van der Waals surface area contributed by atoms with Crippen LogP contribution >= 0.6 is 11.6 Å². The van der Waals surface area contributed by atoms with E-state index in [9.17, 15) is 0 Å². The van der Waals surface area contributed by atoms with Crippen LogP contribution < -0.4 is 10.1 Å². The normalized spacial score (nSPS) is 12.1. The predicted octanol–water partition coefficient (Wildman–Crippen LogP) is 6.92. The Morgan fingerprint density at radius 2 is 1.55 bits per heavy atom.